The Morgan fingerprint density at radius 1 is 1.36 bits per heavy atom. The van der Waals surface area contributed by atoms with Crippen LogP contribution in [0.1, 0.15) is 6.92 Å². The van der Waals surface area contributed by atoms with Gasteiger partial charge in [0.05, 0.1) is 24.1 Å². The summed E-state index contributed by atoms with van der Waals surface area (Å²) in [6.07, 6.45) is 1.65. The molecule has 0 saturated heterocycles. The van der Waals surface area contributed by atoms with E-state index >= 15 is 0 Å². The molecule has 1 N–H and O–H groups in total. The first-order valence-electron chi connectivity index (χ1n) is 8.50. The molecule has 3 heterocycles. The van der Waals surface area contributed by atoms with Gasteiger partial charge >= 0.3 is 0 Å². The lowest BCUT2D eigenvalue weighted by Gasteiger charge is -2.13. The molecular weight excluding hydrogens is 396 g/mol. The number of thioether (sulfide) groups is 1. The lowest BCUT2D eigenvalue weighted by molar-refractivity contribution is -0.115. The van der Waals surface area contributed by atoms with Crippen molar-refractivity contribution in [3.05, 3.63) is 50.4 Å². The van der Waals surface area contributed by atoms with E-state index in [1.165, 1.54) is 23.1 Å². The van der Waals surface area contributed by atoms with Gasteiger partial charge in [-0.2, -0.15) is 5.10 Å². The maximum atomic E-state index is 13.2. The summed E-state index contributed by atoms with van der Waals surface area (Å²) < 4.78 is 8.07. The SMILES string of the molecule is C=CCn1c(=O)/c(=C2/Sc3ccc(OC)cc3N2C)s/c1=C1\C(=O)NN=C1C. The van der Waals surface area contributed by atoms with Crippen molar-refractivity contribution in [3.63, 3.8) is 0 Å². The molecule has 0 saturated carbocycles. The lowest BCUT2D eigenvalue weighted by Crippen LogP contribution is -2.35. The van der Waals surface area contributed by atoms with Gasteiger partial charge in [-0.25, -0.2) is 5.43 Å². The van der Waals surface area contributed by atoms with E-state index in [0.29, 0.717) is 27.0 Å². The molecule has 1 aromatic heterocycles. The van der Waals surface area contributed by atoms with Gasteiger partial charge in [0, 0.05) is 24.6 Å². The number of methoxy groups -OCH3 is 1. The minimum Gasteiger partial charge on any atom is -0.497 e. The maximum Gasteiger partial charge on any atom is 0.276 e. The van der Waals surface area contributed by atoms with Gasteiger partial charge in [-0.05, 0) is 19.1 Å². The van der Waals surface area contributed by atoms with E-state index in [0.717, 1.165) is 21.4 Å². The number of anilines is 1. The lowest BCUT2D eigenvalue weighted by atomic mass is 10.2. The molecule has 2 aliphatic heterocycles. The van der Waals surface area contributed by atoms with E-state index in [2.05, 4.69) is 17.1 Å². The fourth-order valence-electron chi connectivity index (χ4n) is 3.14. The minimum atomic E-state index is -0.298. The Morgan fingerprint density at radius 3 is 2.79 bits per heavy atom. The zero-order chi connectivity index (χ0) is 20.0. The zero-order valence-electron chi connectivity index (χ0n) is 15.6. The number of ether oxygens (including phenoxy) is 1. The van der Waals surface area contributed by atoms with Crippen LogP contribution in [0.5, 0.6) is 5.75 Å². The molecule has 0 radical (unpaired) electrons. The van der Waals surface area contributed by atoms with E-state index < -0.39 is 0 Å². The molecule has 28 heavy (non-hydrogen) atoms. The minimum absolute atomic E-state index is 0.144. The third-order valence-electron chi connectivity index (χ3n) is 4.56. The highest BCUT2D eigenvalue weighted by molar-refractivity contribution is 8.08. The molecule has 0 spiro atoms. The van der Waals surface area contributed by atoms with Crippen molar-refractivity contribution >= 4 is 51.0 Å². The average Bonchev–Trinajstić information content (AvgIpc) is 3.30. The number of carbonyl (C=O) groups excluding carboxylic acids is 1. The number of amides is 1. The fourth-order valence-corrected chi connectivity index (χ4v) is 5.68. The van der Waals surface area contributed by atoms with Crippen molar-refractivity contribution in [1.29, 1.82) is 0 Å². The predicted molar refractivity (Wildman–Crippen MR) is 113 cm³/mol. The quantitative estimate of drug-likeness (QED) is 0.761. The second kappa shape index (κ2) is 6.99. The van der Waals surface area contributed by atoms with Crippen LogP contribution in [0, 0.1) is 0 Å². The third-order valence-corrected chi connectivity index (χ3v) is 7.11. The summed E-state index contributed by atoms with van der Waals surface area (Å²) in [7, 11) is 3.55. The zero-order valence-corrected chi connectivity index (χ0v) is 17.2. The highest BCUT2D eigenvalue weighted by atomic mass is 32.2. The van der Waals surface area contributed by atoms with Crippen LogP contribution in [0.15, 0.2) is 45.6 Å². The predicted octanol–water partition coefficient (Wildman–Crippen LogP) is 1.07. The van der Waals surface area contributed by atoms with Crippen molar-refractivity contribution in [1.82, 2.24) is 9.99 Å². The number of nitrogens with zero attached hydrogens (tertiary/aromatic N) is 3. The van der Waals surface area contributed by atoms with Crippen LogP contribution in [-0.2, 0) is 11.3 Å². The van der Waals surface area contributed by atoms with E-state index in [1.807, 2.05) is 30.1 Å². The molecule has 0 unspecified atom stereocenters. The van der Waals surface area contributed by atoms with Crippen molar-refractivity contribution in [3.8, 4) is 5.75 Å². The first-order chi connectivity index (χ1) is 13.5. The molecule has 0 fully saturated rings. The van der Waals surface area contributed by atoms with Gasteiger partial charge in [-0.1, -0.05) is 17.8 Å². The Morgan fingerprint density at radius 2 is 2.14 bits per heavy atom. The van der Waals surface area contributed by atoms with Crippen molar-refractivity contribution in [2.75, 3.05) is 19.1 Å². The number of allylic oxidation sites excluding steroid dienone is 1. The van der Waals surface area contributed by atoms with E-state index in [4.69, 9.17) is 4.74 Å². The van der Waals surface area contributed by atoms with Crippen LogP contribution in [0.4, 0.5) is 5.69 Å². The van der Waals surface area contributed by atoms with E-state index in [-0.39, 0.29) is 11.5 Å². The smallest absolute Gasteiger partial charge is 0.276 e. The first-order valence-corrected chi connectivity index (χ1v) is 10.1. The summed E-state index contributed by atoms with van der Waals surface area (Å²) in [5.74, 6) is 0.460. The van der Waals surface area contributed by atoms with E-state index in [1.54, 1.807) is 24.7 Å². The number of hydrazone groups is 1. The van der Waals surface area contributed by atoms with Gasteiger partial charge < -0.3 is 9.64 Å². The Labute approximate surface area is 169 Å². The number of rotatable bonds is 3. The van der Waals surface area contributed by atoms with Gasteiger partial charge in [0.15, 0.2) is 0 Å². The van der Waals surface area contributed by atoms with Crippen LogP contribution in [0.2, 0.25) is 0 Å². The van der Waals surface area contributed by atoms with Gasteiger partial charge in [0.1, 0.15) is 20.0 Å². The van der Waals surface area contributed by atoms with Gasteiger partial charge in [-0.3, -0.25) is 14.2 Å². The number of hydrogen-bond donors (Lipinski definition) is 1. The summed E-state index contributed by atoms with van der Waals surface area (Å²) in [5, 5.41) is 4.82. The highest BCUT2D eigenvalue weighted by Gasteiger charge is 2.27. The number of fused-ring (bicyclic) bond motifs is 1. The highest BCUT2D eigenvalue weighted by Crippen LogP contribution is 2.46. The maximum absolute atomic E-state index is 13.2. The first kappa shape index (κ1) is 18.6. The normalized spacial score (nSPS) is 19.5. The summed E-state index contributed by atoms with van der Waals surface area (Å²) >= 11 is 2.84. The summed E-state index contributed by atoms with van der Waals surface area (Å²) in [4.78, 5) is 28.5. The van der Waals surface area contributed by atoms with Crippen molar-refractivity contribution in [2.45, 2.75) is 18.4 Å². The Hall–Kier alpha value is -2.78. The Kier molecular flexibility index (Phi) is 4.64. The summed E-state index contributed by atoms with van der Waals surface area (Å²) in [5.41, 5.74) is 4.30. The molecule has 4 rings (SSSR count). The van der Waals surface area contributed by atoms with Crippen LogP contribution < -0.4 is 29.8 Å². The van der Waals surface area contributed by atoms with E-state index in [9.17, 15) is 9.59 Å². The molecule has 7 nitrogen and oxygen atoms in total. The number of thiazole rings is 1. The second-order valence-corrected chi connectivity index (χ2v) is 8.28. The van der Waals surface area contributed by atoms with Crippen LogP contribution in [-0.4, -0.2) is 30.3 Å². The molecule has 2 aliphatic rings. The molecule has 9 heteroatoms. The molecule has 0 bridgehead atoms. The number of aromatic nitrogens is 1. The van der Waals surface area contributed by atoms with Crippen molar-refractivity contribution < 1.29 is 9.53 Å². The second-order valence-electron chi connectivity index (χ2n) is 6.25. The molecule has 0 atom stereocenters. The molecule has 144 valence electrons. The molecule has 0 aliphatic carbocycles. The standard InChI is InChI=1S/C19H18N4O3S2/c1-5-8-23-17(25)15(28-18(23)14-10(2)20-21-16(14)24)19-22(3)12-9-11(26-4)6-7-13(12)27-19/h5-7,9H,1,8H2,2-4H3,(H,21,24)/b18-14-,19-15-. The number of carbonyl (C=O) groups is 1. The topological polar surface area (TPSA) is 75.9 Å². The van der Waals surface area contributed by atoms with Gasteiger partial charge in [0.25, 0.3) is 11.5 Å². The Bertz CT molecular complexity index is 1220. The molecule has 1 amide bonds. The van der Waals surface area contributed by atoms with Gasteiger partial charge in [0.2, 0.25) is 0 Å². The average molecular weight is 415 g/mol. The molecule has 2 aromatic rings. The van der Waals surface area contributed by atoms with Crippen LogP contribution >= 0.6 is 23.1 Å². The number of benzene rings is 1. The molecule has 1 aromatic carbocycles. The molecular formula is C19H18N4O3S2. The monoisotopic (exact) mass is 414 g/mol. The summed E-state index contributed by atoms with van der Waals surface area (Å²) in [6.45, 7) is 5.81. The fraction of sp³-hybridized carbons (Fsp3) is 0.211. The van der Waals surface area contributed by atoms with Crippen LogP contribution in [0.25, 0.3) is 10.6 Å². The largest absolute Gasteiger partial charge is 0.497 e. The third kappa shape index (κ3) is 2.78. The van der Waals surface area contributed by atoms with Crippen LogP contribution in [0.3, 0.4) is 0 Å². The Balaban J connectivity index is 2.00. The van der Waals surface area contributed by atoms with Crippen molar-refractivity contribution in [2.24, 2.45) is 5.10 Å². The number of hydrogen-bond acceptors (Lipinski definition) is 7. The number of nitrogens with one attached hydrogen (secondary N) is 1. The summed E-state index contributed by atoms with van der Waals surface area (Å²) in [6, 6.07) is 5.83. The van der Waals surface area contributed by atoms with Gasteiger partial charge in [-0.15, -0.1) is 17.9 Å².